The van der Waals surface area contributed by atoms with Gasteiger partial charge in [-0.15, -0.1) is 0 Å². The Kier molecular flexibility index (Phi) is 4.11. The number of carbonyl (C=O) groups is 1. The lowest BCUT2D eigenvalue weighted by molar-refractivity contribution is -0.125. The first kappa shape index (κ1) is 12.5. The molecule has 0 aromatic carbocycles. The van der Waals surface area contributed by atoms with Crippen molar-refractivity contribution in [3.63, 3.8) is 0 Å². The van der Waals surface area contributed by atoms with Gasteiger partial charge in [-0.05, 0) is 25.7 Å². The van der Waals surface area contributed by atoms with E-state index < -0.39 is 11.6 Å². The third-order valence-electron chi connectivity index (χ3n) is 3.20. The van der Waals surface area contributed by atoms with E-state index in [4.69, 9.17) is 5.73 Å². The topological polar surface area (TPSA) is 75.3 Å². The van der Waals surface area contributed by atoms with Crippen LogP contribution in [0.1, 0.15) is 39.5 Å². The van der Waals surface area contributed by atoms with Crippen molar-refractivity contribution >= 4 is 5.91 Å². The number of rotatable bonds is 3. The number of hydrogen-bond acceptors (Lipinski definition) is 3. The molecular weight excluding hydrogens is 192 g/mol. The fourth-order valence-corrected chi connectivity index (χ4v) is 2.33. The molecule has 0 spiro atoms. The third kappa shape index (κ3) is 3.18. The molecule has 4 nitrogen and oxygen atoms in total. The van der Waals surface area contributed by atoms with E-state index in [9.17, 15) is 9.90 Å². The van der Waals surface area contributed by atoms with Gasteiger partial charge in [0.05, 0.1) is 18.2 Å². The molecule has 15 heavy (non-hydrogen) atoms. The van der Waals surface area contributed by atoms with Crippen molar-refractivity contribution in [2.45, 2.75) is 51.1 Å². The molecular formula is C11H22N2O2. The van der Waals surface area contributed by atoms with Gasteiger partial charge in [0.2, 0.25) is 5.91 Å². The largest absolute Gasteiger partial charge is 0.394 e. The molecule has 88 valence electrons. The molecule has 0 aromatic heterocycles. The van der Waals surface area contributed by atoms with E-state index in [-0.39, 0.29) is 12.5 Å². The summed E-state index contributed by atoms with van der Waals surface area (Å²) < 4.78 is 0. The van der Waals surface area contributed by atoms with Crippen molar-refractivity contribution < 1.29 is 9.90 Å². The van der Waals surface area contributed by atoms with Crippen LogP contribution in [0.15, 0.2) is 0 Å². The lowest BCUT2D eigenvalue weighted by Gasteiger charge is -2.39. The average Bonchev–Trinajstić information content (AvgIpc) is 2.17. The summed E-state index contributed by atoms with van der Waals surface area (Å²) in [6, 6.07) is -0.509. The molecule has 3 unspecified atom stereocenters. The minimum absolute atomic E-state index is 0.00972. The van der Waals surface area contributed by atoms with Gasteiger partial charge < -0.3 is 16.2 Å². The Morgan fingerprint density at radius 3 is 2.87 bits per heavy atom. The maximum absolute atomic E-state index is 11.5. The van der Waals surface area contributed by atoms with E-state index in [1.807, 2.05) is 0 Å². The van der Waals surface area contributed by atoms with Crippen molar-refractivity contribution in [1.29, 1.82) is 0 Å². The molecule has 0 aliphatic heterocycles. The van der Waals surface area contributed by atoms with Gasteiger partial charge in [0.15, 0.2) is 0 Å². The minimum atomic E-state index is -0.509. The van der Waals surface area contributed by atoms with Crippen molar-refractivity contribution in [3.8, 4) is 0 Å². The van der Waals surface area contributed by atoms with Gasteiger partial charge in [0, 0.05) is 0 Å². The Labute approximate surface area is 91.2 Å². The Balaban J connectivity index is 2.63. The number of carbonyl (C=O) groups excluding carboxylic acids is 1. The normalized spacial score (nSPS) is 33.5. The maximum Gasteiger partial charge on any atom is 0.237 e. The minimum Gasteiger partial charge on any atom is -0.394 e. The fourth-order valence-electron chi connectivity index (χ4n) is 2.33. The van der Waals surface area contributed by atoms with Crippen molar-refractivity contribution in [2.75, 3.05) is 6.61 Å². The Morgan fingerprint density at radius 1 is 1.73 bits per heavy atom. The lowest BCUT2D eigenvalue weighted by atomic mass is 9.76. The van der Waals surface area contributed by atoms with Gasteiger partial charge in [-0.3, -0.25) is 4.79 Å². The van der Waals surface area contributed by atoms with E-state index in [0.717, 1.165) is 19.3 Å². The summed E-state index contributed by atoms with van der Waals surface area (Å²) in [4.78, 5) is 11.5. The molecule has 1 rings (SSSR count). The van der Waals surface area contributed by atoms with Gasteiger partial charge in [-0.25, -0.2) is 0 Å². The van der Waals surface area contributed by atoms with Crippen LogP contribution in [0.5, 0.6) is 0 Å². The zero-order valence-electron chi connectivity index (χ0n) is 9.62. The van der Waals surface area contributed by atoms with Crippen molar-refractivity contribution in [1.82, 2.24) is 5.32 Å². The van der Waals surface area contributed by atoms with Crippen molar-refractivity contribution in [3.05, 3.63) is 0 Å². The van der Waals surface area contributed by atoms with Crippen LogP contribution in [0.2, 0.25) is 0 Å². The predicted molar refractivity (Wildman–Crippen MR) is 59.2 cm³/mol. The van der Waals surface area contributed by atoms with E-state index in [1.165, 1.54) is 6.42 Å². The average molecular weight is 214 g/mol. The third-order valence-corrected chi connectivity index (χ3v) is 3.20. The second kappa shape index (κ2) is 4.94. The Hall–Kier alpha value is -0.610. The van der Waals surface area contributed by atoms with Crippen LogP contribution in [-0.2, 0) is 4.79 Å². The van der Waals surface area contributed by atoms with E-state index in [0.29, 0.717) is 5.92 Å². The zero-order chi connectivity index (χ0) is 11.5. The number of aliphatic hydroxyl groups excluding tert-OH is 1. The van der Waals surface area contributed by atoms with Crippen LogP contribution in [0.25, 0.3) is 0 Å². The monoisotopic (exact) mass is 214 g/mol. The highest BCUT2D eigenvalue weighted by Crippen LogP contribution is 2.31. The highest BCUT2D eigenvalue weighted by molar-refractivity contribution is 5.81. The highest BCUT2D eigenvalue weighted by Gasteiger charge is 2.36. The summed E-state index contributed by atoms with van der Waals surface area (Å²) in [5, 5.41) is 12.3. The molecule has 1 fully saturated rings. The second-order valence-electron chi connectivity index (χ2n) is 4.92. The second-order valence-corrected chi connectivity index (χ2v) is 4.92. The maximum atomic E-state index is 11.5. The van der Waals surface area contributed by atoms with Gasteiger partial charge in [0.25, 0.3) is 0 Å². The van der Waals surface area contributed by atoms with Crippen LogP contribution in [0.3, 0.4) is 0 Å². The molecule has 4 N–H and O–H groups in total. The molecule has 3 atom stereocenters. The summed E-state index contributed by atoms with van der Waals surface area (Å²) >= 11 is 0. The summed E-state index contributed by atoms with van der Waals surface area (Å²) in [7, 11) is 0. The van der Waals surface area contributed by atoms with Crippen LogP contribution < -0.4 is 11.1 Å². The van der Waals surface area contributed by atoms with E-state index in [1.54, 1.807) is 6.92 Å². The van der Waals surface area contributed by atoms with Gasteiger partial charge in [-0.1, -0.05) is 19.8 Å². The molecule has 1 aliphatic rings. The van der Waals surface area contributed by atoms with E-state index >= 15 is 0 Å². The number of nitrogens with two attached hydrogens (primary N) is 1. The molecule has 0 aromatic rings. The van der Waals surface area contributed by atoms with Crippen molar-refractivity contribution in [2.24, 2.45) is 11.7 Å². The Bertz CT molecular complexity index is 231. The predicted octanol–water partition coefficient (Wildman–Crippen LogP) is 0.391. The molecule has 1 aliphatic carbocycles. The first-order valence-electron chi connectivity index (χ1n) is 5.67. The summed E-state index contributed by atoms with van der Waals surface area (Å²) in [6.07, 6.45) is 3.94. The number of amides is 1. The van der Waals surface area contributed by atoms with Crippen LogP contribution in [0, 0.1) is 5.92 Å². The first-order valence-corrected chi connectivity index (χ1v) is 5.67. The number of hydrogen-bond donors (Lipinski definition) is 3. The first-order chi connectivity index (χ1) is 6.99. The number of nitrogens with one attached hydrogen (secondary N) is 1. The molecule has 0 saturated heterocycles. The highest BCUT2D eigenvalue weighted by atomic mass is 16.3. The van der Waals surface area contributed by atoms with Crippen LogP contribution in [0.4, 0.5) is 0 Å². The van der Waals surface area contributed by atoms with Gasteiger partial charge in [0.1, 0.15) is 0 Å². The quantitative estimate of drug-likeness (QED) is 0.636. The molecule has 0 heterocycles. The van der Waals surface area contributed by atoms with Crippen LogP contribution >= 0.6 is 0 Å². The zero-order valence-corrected chi connectivity index (χ0v) is 9.62. The molecule has 4 heteroatoms. The van der Waals surface area contributed by atoms with Gasteiger partial charge >= 0.3 is 0 Å². The molecule has 0 bridgehead atoms. The number of aliphatic hydroxyl groups is 1. The Morgan fingerprint density at radius 2 is 2.40 bits per heavy atom. The summed E-state index contributed by atoms with van der Waals surface area (Å²) in [6.45, 7) is 3.82. The lowest BCUT2D eigenvalue weighted by Crippen LogP contribution is -2.57. The van der Waals surface area contributed by atoms with E-state index in [2.05, 4.69) is 12.2 Å². The standard InChI is InChI=1S/C11H22N2O2/c1-8-4-3-5-11(6-8,7-14)13-10(15)9(2)12/h8-9,14H,3-7,12H2,1-2H3,(H,13,15). The molecule has 1 amide bonds. The molecule has 0 radical (unpaired) electrons. The SMILES string of the molecule is CC1CCCC(CO)(NC(=O)C(C)N)C1. The van der Waals surface area contributed by atoms with Crippen LogP contribution in [-0.4, -0.2) is 29.2 Å². The smallest absolute Gasteiger partial charge is 0.237 e. The summed E-state index contributed by atoms with van der Waals surface area (Å²) in [5.41, 5.74) is 5.08. The fraction of sp³-hybridized carbons (Fsp3) is 0.909. The summed E-state index contributed by atoms with van der Waals surface area (Å²) in [5.74, 6) is 0.387. The molecule has 1 saturated carbocycles. The van der Waals surface area contributed by atoms with Gasteiger partial charge in [-0.2, -0.15) is 0 Å².